The van der Waals surface area contributed by atoms with Gasteiger partial charge in [-0.1, -0.05) is 25.5 Å². The summed E-state index contributed by atoms with van der Waals surface area (Å²) in [4.78, 5) is 24.1. The van der Waals surface area contributed by atoms with E-state index in [9.17, 15) is 14.7 Å². The Labute approximate surface area is 109 Å². The fourth-order valence-corrected chi connectivity index (χ4v) is 2.04. The Kier molecular flexibility index (Phi) is 4.88. The molecule has 0 aromatic rings. The SMILES string of the molecule is CCC(C)C(=O)C1=C(O)C[C@H](CC=C(C)C)C1=O. The van der Waals surface area contributed by atoms with Gasteiger partial charge in [0, 0.05) is 18.3 Å². The second kappa shape index (κ2) is 5.98. The summed E-state index contributed by atoms with van der Waals surface area (Å²) in [6.45, 7) is 7.63. The number of hydrogen-bond acceptors (Lipinski definition) is 3. The number of rotatable bonds is 5. The van der Waals surface area contributed by atoms with Crippen molar-refractivity contribution in [1.29, 1.82) is 0 Å². The van der Waals surface area contributed by atoms with Gasteiger partial charge in [0.1, 0.15) is 5.76 Å². The highest BCUT2D eigenvalue weighted by Crippen LogP contribution is 2.32. The minimum atomic E-state index is -0.261. The van der Waals surface area contributed by atoms with Crippen LogP contribution in [-0.4, -0.2) is 16.7 Å². The van der Waals surface area contributed by atoms with Crippen molar-refractivity contribution in [3.05, 3.63) is 23.0 Å². The van der Waals surface area contributed by atoms with Crippen LogP contribution in [0.4, 0.5) is 0 Å². The summed E-state index contributed by atoms with van der Waals surface area (Å²) in [7, 11) is 0. The third-order valence-corrected chi connectivity index (χ3v) is 3.46. The fourth-order valence-electron chi connectivity index (χ4n) is 2.04. The van der Waals surface area contributed by atoms with Gasteiger partial charge in [0.2, 0.25) is 0 Å². The minimum Gasteiger partial charge on any atom is -0.511 e. The number of aliphatic hydroxyl groups is 1. The van der Waals surface area contributed by atoms with Gasteiger partial charge in [0.05, 0.1) is 5.57 Å². The topological polar surface area (TPSA) is 54.4 Å². The van der Waals surface area contributed by atoms with E-state index in [1.807, 2.05) is 26.8 Å². The molecule has 1 aliphatic carbocycles. The van der Waals surface area contributed by atoms with Crippen molar-refractivity contribution in [3.8, 4) is 0 Å². The molecule has 3 heteroatoms. The van der Waals surface area contributed by atoms with Crippen LogP contribution in [0.5, 0.6) is 0 Å². The number of allylic oxidation sites excluding steroid dienone is 4. The van der Waals surface area contributed by atoms with Gasteiger partial charge in [0.25, 0.3) is 0 Å². The molecule has 1 unspecified atom stereocenters. The molecule has 0 aliphatic heterocycles. The second-order valence-electron chi connectivity index (χ2n) is 5.28. The van der Waals surface area contributed by atoms with Crippen LogP contribution in [0.2, 0.25) is 0 Å². The maximum absolute atomic E-state index is 12.1. The Balaban J connectivity index is 2.83. The van der Waals surface area contributed by atoms with E-state index in [4.69, 9.17) is 0 Å². The molecular weight excluding hydrogens is 228 g/mol. The van der Waals surface area contributed by atoms with Crippen LogP contribution >= 0.6 is 0 Å². The Morgan fingerprint density at radius 2 is 2.11 bits per heavy atom. The average Bonchev–Trinajstić information content (AvgIpc) is 2.60. The van der Waals surface area contributed by atoms with E-state index >= 15 is 0 Å². The molecule has 3 nitrogen and oxygen atoms in total. The fraction of sp³-hybridized carbons (Fsp3) is 0.600. The summed E-state index contributed by atoms with van der Waals surface area (Å²) in [6.07, 6.45) is 3.57. The van der Waals surface area contributed by atoms with Crippen molar-refractivity contribution < 1.29 is 14.7 Å². The normalized spacial score (nSPS) is 21.1. The highest BCUT2D eigenvalue weighted by Gasteiger charge is 2.37. The van der Waals surface area contributed by atoms with E-state index in [1.165, 1.54) is 0 Å². The molecule has 0 aromatic heterocycles. The molecule has 0 heterocycles. The number of aliphatic hydroxyl groups excluding tert-OH is 1. The molecular formula is C15H22O3. The molecule has 0 spiro atoms. The lowest BCUT2D eigenvalue weighted by Gasteiger charge is -2.09. The van der Waals surface area contributed by atoms with E-state index in [2.05, 4.69) is 0 Å². The summed E-state index contributed by atoms with van der Waals surface area (Å²) in [5.74, 6) is -0.872. The van der Waals surface area contributed by atoms with Gasteiger partial charge >= 0.3 is 0 Å². The van der Waals surface area contributed by atoms with Crippen molar-refractivity contribution in [2.45, 2.75) is 47.0 Å². The first-order valence-electron chi connectivity index (χ1n) is 6.52. The third kappa shape index (κ3) is 3.09. The van der Waals surface area contributed by atoms with Crippen LogP contribution in [0.3, 0.4) is 0 Å². The van der Waals surface area contributed by atoms with E-state index in [1.54, 1.807) is 6.92 Å². The van der Waals surface area contributed by atoms with Crippen LogP contribution in [-0.2, 0) is 9.59 Å². The molecule has 1 aliphatic rings. The Bertz CT molecular complexity index is 411. The average molecular weight is 250 g/mol. The highest BCUT2D eigenvalue weighted by atomic mass is 16.3. The minimum absolute atomic E-state index is 0.0162. The van der Waals surface area contributed by atoms with Crippen LogP contribution in [0.25, 0.3) is 0 Å². The number of hydrogen-bond donors (Lipinski definition) is 1. The summed E-state index contributed by atoms with van der Waals surface area (Å²) < 4.78 is 0. The largest absolute Gasteiger partial charge is 0.511 e. The van der Waals surface area contributed by atoms with Crippen molar-refractivity contribution in [2.24, 2.45) is 11.8 Å². The smallest absolute Gasteiger partial charge is 0.173 e. The van der Waals surface area contributed by atoms with Crippen LogP contribution in [0.15, 0.2) is 23.0 Å². The van der Waals surface area contributed by atoms with Crippen molar-refractivity contribution in [1.82, 2.24) is 0 Å². The third-order valence-electron chi connectivity index (χ3n) is 3.46. The summed E-state index contributed by atoms with van der Waals surface area (Å²) in [5, 5.41) is 9.83. The van der Waals surface area contributed by atoms with Gasteiger partial charge < -0.3 is 5.11 Å². The highest BCUT2D eigenvalue weighted by molar-refractivity contribution is 6.23. The number of ketones is 2. The number of carbonyl (C=O) groups excluding carboxylic acids is 2. The van der Waals surface area contributed by atoms with E-state index in [0.29, 0.717) is 19.3 Å². The van der Waals surface area contributed by atoms with E-state index in [0.717, 1.165) is 5.57 Å². The quantitative estimate of drug-likeness (QED) is 0.601. The Hall–Kier alpha value is -1.38. The van der Waals surface area contributed by atoms with Gasteiger partial charge in [-0.15, -0.1) is 0 Å². The van der Waals surface area contributed by atoms with Crippen molar-refractivity contribution in [3.63, 3.8) is 0 Å². The molecule has 0 saturated heterocycles. The molecule has 0 aromatic carbocycles. The standard InChI is InChI=1S/C15H22O3/c1-5-10(4)14(17)13-12(16)8-11(15(13)18)7-6-9(2)3/h6,10-11,16H,5,7-8H2,1-4H3/t10?,11-/m0/s1. The zero-order valence-electron chi connectivity index (χ0n) is 11.6. The zero-order chi connectivity index (χ0) is 13.9. The Morgan fingerprint density at radius 3 is 2.61 bits per heavy atom. The van der Waals surface area contributed by atoms with Gasteiger partial charge in [-0.25, -0.2) is 0 Å². The number of carbonyl (C=O) groups is 2. The molecule has 0 bridgehead atoms. The lowest BCUT2D eigenvalue weighted by Crippen LogP contribution is -2.20. The summed E-state index contributed by atoms with van der Waals surface area (Å²) in [5.41, 5.74) is 1.19. The predicted octanol–water partition coefficient (Wildman–Crippen LogP) is 3.36. The monoisotopic (exact) mass is 250 g/mol. The van der Waals surface area contributed by atoms with Crippen LogP contribution in [0.1, 0.15) is 47.0 Å². The van der Waals surface area contributed by atoms with E-state index in [-0.39, 0.29) is 34.7 Å². The maximum atomic E-state index is 12.1. The first-order chi connectivity index (χ1) is 8.38. The molecule has 2 atom stereocenters. The van der Waals surface area contributed by atoms with Crippen LogP contribution < -0.4 is 0 Å². The van der Waals surface area contributed by atoms with Gasteiger partial charge in [-0.2, -0.15) is 0 Å². The molecule has 0 amide bonds. The van der Waals surface area contributed by atoms with Crippen LogP contribution in [0, 0.1) is 11.8 Å². The van der Waals surface area contributed by atoms with Crippen molar-refractivity contribution in [2.75, 3.05) is 0 Å². The molecule has 100 valence electrons. The zero-order valence-corrected chi connectivity index (χ0v) is 11.6. The Morgan fingerprint density at radius 1 is 1.50 bits per heavy atom. The molecule has 18 heavy (non-hydrogen) atoms. The lowest BCUT2D eigenvalue weighted by atomic mass is 9.92. The van der Waals surface area contributed by atoms with Gasteiger partial charge in [-0.3, -0.25) is 9.59 Å². The summed E-state index contributed by atoms with van der Waals surface area (Å²) >= 11 is 0. The molecule has 1 rings (SSSR count). The lowest BCUT2D eigenvalue weighted by molar-refractivity contribution is -0.124. The van der Waals surface area contributed by atoms with Gasteiger partial charge in [-0.05, 0) is 26.7 Å². The van der Waals surface area contributed by atoms with Crippen molar-refractivity contribution >= 4 is 11.6 Å². The first-order valence-corrected chi connectivity index (χ1v) is 6.52. The molecule has 0 saturated carbocycles. The first kappa shape index (κ1) is 14.7. The number of Topliss-reactive ketones (excluding diaryl/α,β-unsaturated/α-hetero) is 2. The van der Waals surface area contributed by atoms with Gasteiger partial charge in [0.15, 0.2) is 11.6 Å². The molecule has 1 N–H and O–H groups in total. The maximum Gasteiger partial charge on any atom is 0.173 e. The molecule has 0 fully saturated rings. The molecule has 0 radical (unpaired) electrons. The van der Waals surface area contributed by atoms with E-state index < -0.39 is 0 Å². The summed E-state index contributed by atoms with van der Waals surface area (Å²) in [6, 6.07) is 0. The second-order valence-corrected chi connectivity index (χ2v) is 5.28. The predicted molar refractivity (Wildman–Crippen MR) is 71.3 cm³/mol.